The molecule has 0 radical (unpaired) electrons. The normalized spacial score (nSPS) is 22.9. The molecule has 0 aromatic heterocycles. The van der Waals surface area contributed by atoms with Gasteiger partial charge >= 0.3 is 0 Å². The summed E-state index contributed by atoms with van der Waals surface area (Å²) in [5.41, 5.74) is 1.71. The van der Waals surface area contributed by atoms with E-state index in [9.17, 15) is 15.2 Å². The summed E-state index contributed by atoms with van der Waals surface area (Å²) in [6.07, 6.45) is 7.60. The Morgan fingerprint density at radius 1 is 1.24 bits per heavy atom. The number of hydrogen-bond acceptors (Lipinski definition) is 4. The van der Waals surface area contributed by atoms with E-state index in [1.54, 1.807) is 6.07 Å². The highest BCUT2D eigenvalue weighted by Gasteiger charge is 2.34. The Kier molecular flexibility index (Phi) is 4.10. The molecule has 5 heteroatoms. The molecule has 1 aliphatic carbocycles. The summed E-state index contributed by atoms with van der Waals surface area (Å²) in [6.45, 7) is 0.844. The summed E-state index contributed by atoms with van der Waals surface area (Å²) >= 11 is 0. The fraction of sp³-hybridized carbons (Fsp3) is 0.625. The van der Waals surface area contributed by atoms with Crippen LogP contribution in [0.5, 0.6) is 0 Å². The van der Waals surface area contributed by atoms with Crippen molar-refractivity contribution in [2.45, 2.75) is 51.2 Å². The number of aliphatic hydroxyl groups is 1. The molecule has 1 aliphatic heterocycles. The van der Waals surface area contributed by atoms with Crippen molar-refractivity contribution in [3.63, 3.8) is 0 Å². The van der Waals surface area contributed by atoms with Crippen LogP contribution in [0.1, 0.15) is 44.1 Å². The standard InChI is InChI=1S/C16H22N2O3/c19-11-13-10-14(18(20)21)7-8-16(13)17-9-3-6-15(17)12-4-1-2-5-12/h7-8,10,12,15,19H,1-6,9,11H2. The Hall–Kier alpha value is -1.62. The molecule has 2 fully saturated rings. The van der Waals surface area contributed by atoms with Crippen LogP contribution in [0, 0.1) is 16.0 Å². The quantitative estimate of drug-likeness (QED) is 0.683. The highest BCUT2D eigenvalue weighted by Crippen LogP contribution is 2.39. The van der Waals surface area contributed by atoms with E-state index in [1.807, 2.05) is 6.07 Å². The van der Waals surface area contributed by atoms with Crippen LogP contribution in [-0.4, -0.2) is 22.6 Å². The van der Waals surface area contributed by atoms with Crippen molar-refractivity contribution in [1.29, 1.82) is 0 Å². The fourth-order valence-corrected chi connectivity index (χ4v) is 4.02. The highest BCUT2D eigenvalue weighted by atomic mass is 16.6. The summed E-state index contributed by atoms with van der Waals surface area (Å²) in [4.78, 5) is 12.9. The molecule has 5 nitrogen and oxygen atoms in total. The molecule has 1 aromatic carbocycles. The molecule has 0 amide bonds. The van der Waals surface area contributed by atoms with E-state index in [0.717, 1.165) is 18.2 Å². The van der Waals surface area contributed by atoms with Gasteiger partial charge in [-0.15, -0.1) is 0 Å². The van der Waals surface area contributed by atoms with Gasteiger partial charge in [-0.05, 0) is 37.7 Å². The Morgan fingerprint density at radius 2 is 2.00 bits per heavy atom. The summed E-state index contributed by atoms with van der Waals surface area (Å²) in [5.74, 6) is 0.745. The van der Waals surface area contributed by atoms with E-state index < -0.39 is 4.92 Å². The predicted octanol–water partition coefficient (Wildman–Crippen LogP) is 3.25. The van der Waals surface area contributed by atoms with Gasteiger partial charge in [0.1, 0.15) is 0 Å². The molecule has 0 bridgehead atoms. The molecule has 0 spiro atoms. The average Bonchev–Trinajstić information content (AvgIpc) is 3.16. The monoisotopic (exact) mass is 290 g/mol. The third-order valence-electron chi connectivity index (χ3n) is 5.00. The minimum absolute atomic E-state index is 0.0550. The van der Waals surface area contributed by atoms with Crippen molar-refractivity contribution in [3.05, 3.63) is 33.9 Å². The van der Waals surface area contributed by atoms with E-state index in [2.05, 4.69) is 4.90 Å². The molecule has 1 atom stereocenters. The molecule has 1 unspecified atom stereocenters. The Labute approximate surface area is 124 Å². The molecule has 1 heterocycles. The van der Waals surface area contributed by atoms with Crippen LogP contribution in [0.4, 0.5) is 11.4 Å². The van der Waals surface area contributed by atoms with Gasteiger partial charge in [0, 0.05) is 36.0 Å². The maximum absolute atomic E-state index is 10.9. The Morgan fingerprint density at radius 3 is 2.67 bits per heavy atom. The minimum Gasteiger partial charge on any atom is -0.392 e. The first-order valence-electron chi connectivity index (χ1n) is 7.85. The average molecular weight is 290 g/mol. The van der Waals surface area contributed by atoms with Crippen molar-refractivity contribution in [1.82, 2.24) is 0 Å². The third kappa shape index (κ3) is 2.75. The molecule has 21 heavy (non-hydrogen) atoms. The largest absolute Gasteiger partial charge is 0.392 e. The number of nitrogens with zero attached hydrogens (tertiary/aromatic N) is 2. The first-order valence-corrected chi connectivity index (χ1v) is 7.85. The lowest BCUT2D eigenvalue weighted by atomic mass is 9.95. The number of benzene rings is 1. The molecular weight excluding hydrogens is 268 g/mol. The van der Waals surface area contributed by atoms with Crippen LogP contribution in [0.3, 0.4) is 0 Å². The first-order chi connectivity index (χ1) is 10.2. The maximum Gasteiger partial charge on any atom is 0.269 e. The van der Waals surface area contributed by atoms with Crippen LogP contribution >= 0.6 is 0 Å². The zero-order valence-corrected chi connectivity index (χ0v) is 12.2. The molecule has 2 aliphatic rings. The predicted molar refractivity (Wildman–Crippen MR) is 81.3 cm³/mol. The second-order valence-electron chi connectivity index (χ2n) is 6.18. The summed E-state index contributed by atoms with van der Waals surface area (Å²) in [6, 6.07) is 5.42. The molecule has 114 valence electrons. The highest BCUT2D eigenvalue weighted by molar-refractivity contribution is 5.59. The van der Waals surface area contributed by atoms with E-state index in [-0.39, 0.29) is 12.3 Å². The molecule has 1 saturated carbocycles. The van der Waals surface area contributed by atoms with E-state index >= 15 is 0 Å². The number of rotatable bonds is 4. The van der Waals surface area contributed by atoms with Gasteiger partial charge < -0.3 is 10.0 Å². The molecule has 1 N–H and O–H groups in total. The van der Waals surface area contributed by atoms with E-state index in [0.29, 0.717) is 11.6 Å². The fourth-order valence-electron chi connectivity index (χ4n) is 4.02. The number of nitro benzene ring substituents is 1. The second-order valence-corrected chi connectivity index (χ2v) is 6.18. The summed E-state index contributed by atoms with van der Waals surface area (Å²) in [5, 5.41) is 20.5. The SMILES string of the molecule is O=[N+]([O-])c1ccc(N2CCCC2C2CCCC2)c(CO)c1. The first kappa shape index (κ1) is 14.3. The zero-order chi connectivity index (χ0) is 14.8. The van der Waals surface area contributed by atoms with Crippen molar-refractivity contribution < 1.29 is 10.0 Å². The van der Waals surface area contributed by atoms with Gasteiger partial charge in [0.25, 0.3) is 5.69 Å². The zero-order valence-electron chi connectivity index (χ0n) is 12.2. The molecule has 1 aromatic rings. The minimum atomic E-state index is -0.401. The van der Waals surface area contributed by atoms with Gasteiger partial charge in [-0.25, -0.2) is 0 Å². The molecule has 1 saturated heterocycles. The van der Waals surface area contributed by atoms with Gasteiger partial charge in [-0.3, -0.25) is 10.1 Å². The lowest BCUT2D eigenvalue weighted by Gasteiger charge is -2.32. The Bertz CT molecular complexity index is 526. The van der Waals surface area contributed by atoms with E-state index in [1.165, 1.54) is 44.6 Å². The van der Waals surface area contributed by atoms with Gasteiger partial charge in [0.15, 0.2) is 0 Å². The van der Waals surface area contributed by atoms with Crippen molar-refractivity contribution in [2.24, 2.45) is 5.92 Å². The van der Waals surface area contributed by atoms with Crippen molar-refractivity contribution in [3.8, 4) is 0 Å². The number of aliphatic hydroxyl groups excluding tert-OH is 1. The lowest BCUT2D eigenvalue weighted by Crippen LogP contribution is -2.35. The van der Waals surface area contributed by atoms with Crippen LogP contribution in [0.15, 0.2) is 18.2 Å². The van der Waals surface area contributed by atoms with Crippen LogP contribution in [0.2, 0.25) is 0 Å². The summed E-state index contributed by atoms with van der Waals surface area (Å²) in [7, 11) is 0. The van der Waals surface area contributed by atoms with E-state index in [4.69, 9.17) is 0 Å². The maximum atomic E-state index is 10.9. The van der Waals surface area contributed by atoms with Gasteiger partial charge in [0.05, 0.1) is 11.5 Å². The van der Waals surface area contributed by atoms with Gasteiger partial charge in [0.2, 0.25) is 0 Å². The molecular formula is C16H22N2O3. The van der Waals surface area contributed by atoms with Crippen LogP contribution in [-0.2, 0) is 6.61 Å². The number of hydrogen-bond donors (Lipinski definition) is 1. The second kappa shape index (κ2) is 6.02. The van der Waals surface area contributed by atoms with Crippen LogP contribution in [0.25, 0.3) is 0 Å². The lowest BCUT2D eigenvalue weighted by molar-refractivity contribution is -0.384. The third-order valence-corrected chi connectivity index (χ3v) is 5.00. The van der Waals surface area contributed by atoms with Crippen molar-refractivity contribution >= 4 is 11.4 Å². The smallest absolute Gasteiger partial charge is 0.269 e. The van der Waals surface area contributed by atoms with Crippen molar-refractivity contribution in [2.75, 3.05) is 11.4 Å². The van der Waals surface area contributed by atoms with Crippen LogP contribution < -0.4 is 4.90 Å². The van der Waals surface area contributed by atoms with Gasteiger partial charge in [-0.2, -0.15) is 0 Å². The van der Waals surface area contributed by atoms with Gasteiger partial charge in [-0.1, -0.05) is 12.8 Å². The number of anilines is 1. The number of non-ortho nitro benzene ring substituents is 1. The number of nitro groups is 1. The summed E-state index contributed by atoms with van der Waals surface area (Å²) < 4.78 is 0. The Balaban J connectivity index is 1.89. The topological polar surface area (TPSA) is 66.6 Å². The molecule has 3 rings (SSSR count).